The lowest BCUT2D eigenvalue weighted by molar-refractivity contribution is -0.137. The summed E-state index contributed by atoms with van der Waals surface area (Å²) in [4.78, 5) is 25.0. The maximum absolute atomic E-state index is 12.8. The molecule has 31 heavy (non-hydrogen) atoms. The van der Waals surface area contributed by atoms with E-state index in [1.807, 2.05) is 0 Å². The Morgan fingerprint density at radius 3 is 2.74 bits per heavy atom. The molecule has 0 atom stereocenters. The van der Waals surface area contributed by atoms with Gasteiger partial charge in [0.05, 0.1) is 11.1 Å². The van der Waals surface area contributed by atoms with Gasteiger partial charge in [-0.05, 0) is 24.1 Å². The first-order valence-corrected chi connectivity index (χ1v) is 9.35. The van der Waals surface area contributed by atoms with Crippen LogP contribution in [0.4, 0.5) is 19.0 Å². The zero-order valence-electron chi connectivity index (χ0n) is 16.1. The number of alkyl halides is 3. The smallest absolute Gasteiger partial charge is 0.370 e. The average Bonchev–Trinajstić information content (AvgIpc) is 3.15. The van der Waals surface area contributed by atoms with Crippen LogP contribution in [0.5, 0.6) is 0 Å². The van der Waals surface area contributed by atoms with Crippen LogP contribution in [-0.2, 0) is 12.6 Å². The maximum atomic E-state index is 12.8. The molecule has 0 aliphatic heterocycles. The number of nitrogens with one attached hydrogen (secondary N) is 2. The zero-order chi connectivity index (χ0) is 21.8. The molecule has 3 aromatic heterocycles. The molecule has 0 spiro atoms. The molecule has 0 unspecified atom stereocenters. The number of pyridine rings is 1. The second kappa shape index (κ2) is 8.42. The summed E-state index contributed by atoms with van der Waals surface area (Å²) in [6.45, 7) is 0.359. The highest BCUT2D eigenvalue weighted by molar-refractivity contribution is 5.60. The summed E-state index contributed by atoms with van der Waals surface area (Å²) in [7, 11) is 0. The number of H-pyrrole nitrogens is 1. The number of hydrogen-bond acceptors (Lipinski definition) is 5. The van der Waals surface area contributed by atoms with E-state index in [1.165, 1.54) is 17.1 Å². The molecule has 7 nitrogen and oxygen atoms in total. The number of aromatic nitrogens is 5. The van der Waals surface area contributed by atoms with Crippen LogP contribution in [0.25, 0.3) is 16.9 Å². The Labute approximate surface area is 174 Å². The summed E-state index contributed by atoms with van der Waals surface area (Å²) in [5, 5.41) is 5.92. The number of nitrogens with zero attached hydrogens (tertiary/aromatic N) is 4. The van der Waals surface area contributed by atoms with Crippen LogP contribution in [0, 0.1) is 0 Å². The van der Waals surface area contributed by atoms with Gasteiger partial charge >= 0.3 is 6.18 Å². The molecule has 0 aliphatic carbocycles. The summed E-state index contributed by atoms with van der Waals surface area (Å²) >= 11 is 0. The molecule has 0 radical (unpaired) electrons. The maximum Gasteiger partial charge on any atom is 0.416 e. The van der Waals surface area contributed by atoms with Gasteiger partial charge in [-0.15, -0.1) is 0 Å². The van der Waals surface area contributed by atoms with Gasteiger partial charge in [0.2, 0.25) is 0 Å². The van der Waals surface area contributed by atoms with Crippen LogP contribution < -0.4 is 10.9 Å². The topological polar surface area (TPSA) is 88.5 Å². The predicted octanol–water partition coefficient (Wildman–Crippen LogP) is 3.69. The lowest BCUT2D eigenvalue weighted by atomic mass is 10.1. The van der Waals surface area contributed by atoms with Crippen molar-refractivity contribution in [2.24, 2.45) is 0 Å². The van der Waals surface area contributed by atoms with Crippen LogP contribution >= 0.6 is 0 Å². The van der Waals surface area contributed by atoms with E-state index in [0.717, 1.165) is 12.1 Å². The van der Waals surface area contributed by atoms with E-state index in [0.29, 0.717) is 41.3 Å². The third-order valence-electron chi connectivity index (χ3n) is 4.60. The minimum absolute atomic E-state index is 0.290. The summed E-state index contributed by atoms with van der Waals surface area (Å²) < 4.78 is 39.8. The van der Waals surface area contributed by atoms with Crippen LogP contribution in [0.1, 0.15) is 11.1 Å². The van der Waals surface area contributed by atoms with E-state index in [1.54, 1.807) is 42.9 Å². The minimum atomic E-state index is -4.37. The van der Waals surface area contributed by atoms with Gasteiger partial charge < -0.3 is 5.32 Å². The minimum Gasteiger partial charge on any atom is -0.370 e. The Balaban J connectivity index is 1.46. The van der Waals surface area contributed by atoms with Gasteiger partial charge in [-0.25, -0.2) is 14.6 Å². The monoisotopic (exact) mass is 426 g/mol. The average molecular weight is 426 g/mol. The first-order valence-electron chi connectivity index (χ1n) is 9.35. The van der Waals surface area contributed by atoms with Crippen LogP contribution in [-0.4, -0.2) is 31.3 Å². The molecule has 0 amide bonds. The summed E-state index contributed by atoms with van der Waals surface area (Å²) in [5.41, 5.74) is 0.714. The highest BCUT2D eigenvalue weighted by atomic mass is 19.4. The van der Waals surface area contributed by atoms with Gasteiger partial charge in [0.25, 0.3) is 5.56 Å². The summed E-state index contributed by atoms with van der Waals surface area (Å²) in [6, 6.07) is 10.3. The van der Waals surface area contributed by atoms with E-state index in [9.17, 15) is 18.0 Å². The van der Waals surface area contributed by atoms with E-state index in [-0.39, 0.29) is 5.56 Å². The molecule has 1 aromatic carbocycles. The molecular formula is C21H17F3N6O. The van der Waals surface area contributed by atoms with Crippen molar-refractivity contribution in [2.75, 3.05) is 11.9 Å². The molecule has 158 valence electrons. The summed E-state index contributed by atoms with van der Waals surface area (Å²) in [6.07, 6.45) is 2.09. The summed E-state index contributed by atoms with van der Waals surface area (Å²) in [5.74, 6) is 0.776. The second-order valence-corrected chi connectivity index (χ2v) is 6.71. The van der Waals surface area contributed by atoms with E-state index >= 15 is 0 Å². The number of halogens is 3. The molecule has 3 heterocycles. The van der Waals surface area contributed by atoms with E-state index < -0.39 is 11.7 Å². The third kappa shape index (κ3) is 4.63. The fourth-order valence-electron chi connectivity index (χ4n) is 3.07. The third-order valence-corrected chi connectivity index (χ3v) is 4.60. The molecule has 2 N–H and O–H groups in total. The van der Waals surface area contributed by atoms with E-state index in [2.05, 4.69) is 25.4 Å². The van der Waals surface area contributed by atoms with Gasteiger partial charge in [-0.2, -0.15) is 13.2 Å². The van der Waals surface area contributed by atoms with Gasteiger partial charge in [0.1, 0.15) is 12.1 Å². The molecule has 0 bridgehead atoms. The van der Waals surface area contributed by atoms with Crippen molar-refractivity contribution >= 4 is 5.82 Å². The Kier molecular flexibility index (Phi) is 5.52. The lowest BCUT2D eigenvalue weighted by Gasteiger charge is -2.10. The quantitative estimate of drug-likeness (QED) is 0.491. The van der Waals surface area contributed by atoms with Crippen molar-refractivity contribution in [3.63, 3.8) is 0 Å². The van der Waals surface area contributed by atoms with Gasteiger partial charge in [-0.3, -0.25) is 14.9 Å². The first-order chi connectivity index (χ1) is 14.9. The van der Waals surface area contributed by atoms with Gasteiger partial charge in [-0.1, -0.05) is 24.3 Å². The largest absolute Gasteiger partial charge is 0.416 e. The second-order valence-electron chi connectivity index (χ2n) is 6.71. The van der Waals surface area contributed by atoms with Crippen molar-refractivity contribution in [3.05, 3.63) is 88.9 Å². The standard InChI is InChI=1S/C21H17F3N6O/c22-21(23,24)16-5-1-3-14(9-16)6-8-26-18-10-19(28-13-27-18)30-20(31)17(12-29-30)15-4-2-7-25-11-15/h1-5,7,9-13,29H,6,8H2,(H,26,27,28). The van der Waals surface area contributed by atoms with Crippen molar-refractivity contribution in [3.8, 4) is 16.9 Å². The van der Waals surface area contributed by atoms with Crippen LogP contribution in [0.3, 0.4) is 0 Å². The number of rotatable bonds is 6. The number of aromatic amines is 1. The fourth-order valence-corrected chi connectivity index (χ4v) is 3.07. The van der Waals surface area contributed by atoms with Crippen molar-refractivity contribution < 1.29 is 13.2 Å². The molecule has 0 saturated carbocycles. The number of benzene rings is 1. The first kappa shape index (κ1) is 20.3. The molecule has 0 saturated heterocycles. The molecular weight excluding hydrogens is 409 g/mol. The molecule has 4 aromatic rings. The van der Waals surface area contributed by atoms with Gasteiger partial charge in [0.15, 0.2) is 5.82 Å². The molecule has 10 heteroatoms. The van der Waals surface area contributed by atoms with Crippen molar-refractivity contribution in [2.45, 2.75) is 12.6 Å². The number of anilines is 1. The lowest BCUT2D eigenvalue weighted by Crippen LogP contribution is -2.17. The van der Waals surface area contributed by atoms with Crippen LogP contribution in [0.2, 0.25) is 0 Å². The Bertz CT molecular complexity index is 1230. The van der Waals surface area contributed by atoms with Gasteiger partial charge in [0, 0.05) is 36.8 Å². The fraction of sp³-hybridized carbons (Fsp3) is 0.143. The normalized spacial score (nSPS) is 11.5. The Morgan fingerprint density at radius 1 is 1.10 bits per heavy atom. The molecule has 0 fully saturated rings. The number of hydrogen-bond donors (Lipinski definition) is 2. The molecule has 0 aliphatic rings. The Morgan fingerprint density at radius 2 is 1.97 bits per heavy atom. The van der Waals surface area contributed by atoms with Crippen molar-refractivity contribution in [1.82, 2.24) is 24.7 Å². The zero-order valence-corrected chi connectivity index (χ0v) is 16.1. The highest BCUT2D eigenvalue weighted by Crippen LogP contribution is 2.29. The SMILES string of the molecule is O=c1c(-c2cccnc2)c[nH]n1-c1cc(NCCc2cccc(C(F)(F)F)c2)ncn1. The van der Waals surface area contributed by atoms with E-state index in [4.69, 9.17) is 0 Å². The Hall–Kier alpha value is -3.95. The predicted molar refractivity (Wildman–Crippen MR) is 109 cm³/mol. The van der Waals surface area contributed by atoms with Crippen LogP contribution in [0.15, 0.2) is 72.2 Å². The molecule has 4 rings (SSSR count). The van der Waals surface area contributed by atoms with Crippen molar-refractivity contribution in [1.29, 1.82) is 0 Å². The highest BCUT2D eigenvalue weighted by Gasteiger charge is 2.30.